The predicted molar refractivity (Wildman–Crippen MR) is 98.3 cm³/mol. The van der Waals surface area contributed by atoms with E-state index in [1.54, 1.807) is 6.07 Å². The molecule has 1 aliphatic heterocycles. The molecule has 0 spiro atoms. The average Bonchev–Trinajstić information content (AvgIpc) is 3.32. The van der Waals surface area contributed by atoms with Gasteiger partial charge in [-0.2, -0.15) is 5.10 Å². The highest BCUT2D eigenvalue weighted by atomic mass is 19.1. The van der Waals surface area contributed by atoms with Crippen LogP contribution in [0.1, 0.15) is 16.9 Å². The molecule has 1 N–H and O–H groups in total. The monoisotopic (exact) mass is 401 g/mol. The molecule has 2 unspecified atom stereocenters. The Labute approximate surface area is 164 Å². The highest BCUT2D eigenvalue weighted by Crippen LogP contribution is 2.28. The molecule has 0 saturated carbocycles. The number of rotatable bonds is 4. The first kappa shape index (κ1) is 18.9. The van der Waals surface area contributed by atoms with Crippen molar-refractivity contribution in [2.24, 2.45) is 0 Å². The number of halogens is 2. The highest BCUT2D eigenvalue weighted by molar-refractivity contribution is 6.06. The SMILES string of the molecule is COC(=O)C1CC(Oc2ccccc2F)CN1C(=O)c1n[nH]c2cc(F)ccc12. The minimum Gasteiger partial charge on any atom is -0.485 e. The van der Waals surface area contributed by atoms with Crippen molar-refractivity contribution in [3.63, 3.8) is 0 Å². The number of hydrogen-bond acceptors (Lipinski definition) is 5. The molecule has 0 aliphatic carbocycles. The lowest BCUT2D eigenvalue weighted by molar-refractivity contribution is -0.145. The first-order chi connectivity index (χ1) is 14.0. The number of amides is 1. The van der Waals surface area contributed by atoms with Gasteiger partial charge in [0.1, 0.15) is 18.0 Å². The van der Waals surface area contributed by atoms with Gasteiger partial charge < -0.3 is 14.4 Å². The third kappa shape index (κ3) is 3.51. The molecule has 1 fully saturated rings. The first-order valence-corrected chi connectivity index (χ1v) is 8.91. The lowest BCUT2D eigenvalue weighted by Gasteiger charge is -2.21. The lowest BCUT2D eigenvalue weighted by Crippen LogP contribution is -2.41. The molecular weight excluding hydrogens is 384 g/mol. The summed E-state index contributed by atoms with van der Waals surface area (Å²) in [4.78, 5) is 26.7. The van der Waals surface area contributed by atoms with Crippen LogP contribution in [-0.4, -0.2) is 52.8 Å². The van der Waals surface area contributed by atoms with E-state index in [1.165, 1.54) is 48.4 Å². The van der Waals surface area contributed by atoms with E-state index in [0.29, 0.717) is 10.9 Å². The Morgan fingerprint density at radius 2 is 2.00 bits per heavy atom. The van der Waals surface area contributed by atoms with Gasteiger partial charge in [0.25, 0.3) is 5.91 Å². The van der Waals surface area contributed by atoms with Crippen molar-refractivity contribution in [2.45, 2.75) is 18.6 Å². The van der Waals surface area contributed by atoms with Crippen molar-refractivity contribution in [3.05, 3.63) is 59.8 Å². The molecule has 1 saturated heterocycles. The van der Waals surface area contributed by atoms with Crippen LogP contribution in [0.5, 0.6) is 5.75 Å². The van der Waals surface area contributed by atoms with Gasteiger partial charge in [0.05, 0.1) is 19.2 Å². The molecule has 29 heavy (non-hydrogen) atoms. The topological polar surface area (TPSA) is 84.5 Å². The number of methoxy groups -OCH3 is 1. The van der Waals surface area contributed by atoms with Gasteiger partial charge in [0, 0.05) is 11.8 Å². The second kappa shape index (κ2) is 7.50. The van der Waals surface area contributed by atoms with E-state index in [-0.39, 0.29) is 24.4 Å². The smallest absolute Gasteiger partial charge is 0.328 e. The second-order valence-corrected chi connectivity index (χ2v) is 6.66. The molecule has 4 rings (SSSR count). The summed E-state index contributed by atoms with van der Waals surface area (Å²) in [6.07, 6.45) is -0.466. The van der Waals surface area contributed by atoms with Crippen LogP contribution in [0.4, 0.5) is 8.78 Å². The third-order valence-corrected chi connectivity index (χ3v) is 4.85. The molecular formula is C20H17F2N3O4. The summed E-state index contributed by atoms with van der Waals surface area (Å²) in [7, 11) is 1.22. The van der Waals surface area contributed by atoms with Crippen molar-refractivity contribution in [3.8, 4) is 5.75 Å². The maximum absolute atomic E-state index is 13.9. The van der Waals surface area contributed by atoms with E-state index in [1.807, 2.05) is 0 Å². The van der Waals surface area contributed by atoms with E-state index in [4.69, 9.17) is 9.47 Å². The van der Waals surface area contributed by atoms with Crippen LogP contribution in [0.15, 0.2) is 42.5 Å². The molecule has 1 aromatic heterocycles. The minimum absolute atomic E-state index is 0.0381. The number of carbonyl (C=O) groups is 2. The quantitative estimate of drug-likeness (QED) is 0.680. The molecule has 1 aliphatic rings. The molecule has 2 aromatic carbocycles. The highest BCUT2D eigenvalue weighted by Gasteiger charge is 2.43. The van der Waals surface area contributed by atoms with Crippen molar-refractivity contribution >= 4 is 22.8 Å². The lowest BCUT2D eigenvalue weighted by atomic mass is 10.1. The number of carbonyl (C=O) groups excluding carboxylic acids is 2. The molecule has 2 heterocycles. The van der Waals surface area contributed by atoms with Crippen molar-refractivity contribution in [1.82, 2.24) is 15.1 Å². The summed E-state index contributed by atoms with van der Waals surface area (Å²) in [5.74, 6) is -2.10. The Hall–Kier alpha value is -3.49. The molecule has 1 amide bonds. The van der Waals surface area contributed by atoms with Crippen LogP contribution in [0, 0.1) is 11.6 Å². The largest absolute Gasteiger partial charge is 0.485 e. The van der Waals surface area contributed by atoms with Gasteiger partial charge in [-0.05, 0) is 30.3 Å². The number of benzene rings is 2. The molecule has 7 nitrogen and oxygen atoms in total. The van der Waals surface area contributed by atoms with Crippen LogP contribution < -0.4 is 4.74 Å². The molecule has 9 heteroatoms. The number of hydrogen-bond donors (Lipinski definition) is 1. The third-order valence-electron chi connectivity index (χ3n) is 4.85. The number of nitrogens with zero attached hydrogens (tertiary/aromatic N) is 2. The Morgan fingerprint density at radius 3 is 2.76 bits per heavy atom. The van der Waals surface area contributed by atoms with Crippen molar-refractivity contribution < 1.29 is 27.8 Å². The fraction of sp³-hybridized carbons (Fsp3) is 0.250. The van der Waals surface area contributed by atoms with Crippen LogP contribution in [-0.2, 0) is 9.53 Å². The maximum Gasteiger partial charge on any atom is 0.328 e. The average molecular weight is 401 g/mol. The van der Waals surface area contributed by atoms with E-state index < -0.39 is 35.7 Å². The number of H-pyrrole nitrogens is 1. The number of ether oxygens (including phenoxy) is 2. The Bertz CT molecular complexity index is 1080. The molecule has 150 valence electrons. The summed E-state index contributed by atoms with van der Waals surface area (Å²) >= 11 is 0. The van der Waals surface area contributed by atoms with Crippen molar-refractivity contribution in [2.75, 3.05) is 13.7 Å². The Balaban J connectivity index is 1.62. The molecule has 0 radical (unpaired) electrons. The molecule has 3 aromatic rings. The number of fused-ring (bicyclic) bond motifs is 1. The zero-order valence-electron chi connectivity index (χ0n) is 15.4. The maximum atomic E-state index is 13.9. The molecule has 0 bridgehead atoms. The predicted octanol–water partition coefficient (Wildman–Crippen LogP) is 2.68. The summed E-state index contributed by atoms with van der Waals surface area (Å²) in [6, 6.07) is 8.89. The minimum atomic E-state index is -0.906. The standard InChI is InChI=1S/C20H17F2N3O4/c1-28-20(27)16-9-12(29-17-5-3-2-4-14(17)22)10-25(16)19(26)18-13-7-6-11(21)8-15(13)23-24-18/h2-8,12,16H,9-10H2,1H3,(H,23,24). The number of para-hydroxylation sites is 1. The van der Waals surface area contributed by atoms with Crippen LogP contribution in [0.3, 0.4) is 0 Å². The van der Waals surface area contributed by atoms with Gasteiger partial charge in [-0.15, -0.1) is 0 Å². The number of aromatic amines is 1. The van der Waals surface area contributed by atoms with Crippen LogP contribution in [0.25, 0.3) is 10.9 Å². The second-order valence-electron chi connectivity index (χ2n) is 6.66. The van der Waals surface area contributed by atoms with Gasteiger partial charge in [-0.1, -0.05) is 12.1 Å². The normalized spacial score (nSPS) is 18.8. The van der Waals surface area contributed by atoms with Crippen LogP contribution >= 0.6 is 0 Å². The number of esters is 1. The van der Waals surface area contributed by atoms with E-state index in [9.17, 15) is 18.4 Å². The fourth-order valence-corrected chi connectivity index (χ4v) is 3.48. The van der Waals surface area contributed by atoms with Gasteiger partial charge >= 0.3 is 5.97 Å². The van der Waals surface area contributed by atoms with E-state index in [2.05, 4.69) is 10.2 Å². The number of aromatic nitrogens is 2. The summed E-state index contributed by atoms with van der Waals surface area (Å²) in [6.45, 7) is 0.0441. The summed E-state index contributed by atoms with van der Waals surface area (Å²) in [5.41, 5.74) is 0.418. The van der Waals surface area contributed by atoms with Crippen LogP contribution in [0.2, 0.25) is 0 Å². The van der Waals surface area contributed by atoms with Gasteiger partial charge in [-0.3, -0.25) is 9.89 Å². The van der Waals surface area contributed by atoms with E-state index >= 15 is 0 Å². The zero-order chi connectivity index (χ0) is 20.5. The number of likely N-dealkylation sites (tertiary alicyclic amines) is 1. The Morgan fingerprint density at radius 1 is 1.21 bits per heavy atom. The zero-order valence-corrected chi connectivity index (χ0v) is 15.4. The first-order valence-electron chi connectivity index (χ1n) is 8.91. The fourth-order valence-electron chi connectivity index (χ4n) is 3.48. The Kier molecular flexibility index (Phi) is 4.87. The summed E-state index contributed by atoms with van der Waals surface area (Å²) < 4.78 is 37.8. The van der Waals surface area contributed by atoms with Crippen molar-refractivity contribution in [1.29, 1.82) is 0 Å². The number of nitrogens with one attached hydrogen (secondary N) is 1. The molecule has 2 atom stereocenters. The van der Waals surface area contributed by atoms with Gasteiger partial charge in [0.15, 0.2) is 17.3 Å². The van der Waals surface area contributed by atoms with Gasteiger partial charge in [-0.25, -0.2) is 13.6 Å². The van der Waals surface area contributed by atoms with E-state index in [0.717, 1.165) is 0 Å². The summed E-state index contributed by atoms with van der Waals surface area (Å²) in [5, 5.41) is 7.03. The van der Waals surface area contributed by atoms with Gasteiger partial charge in [0.2, 0.25) is 0 Å².